The van der Waals surface area contributed by atoms with Crippen LogP contribution in [0.15, 0.2) is 47.1 Å². The Kier molecular flexibility index (Phi) is 5.53. The molecule has 1 unspecified atom stereocenters. The first-order chi connectivity index (χ1) is 16.0. The molecule has 33 heavy (non-hydrogen) atoms. The lowest BCUT2D eigenvalue weighted by atomic mass is 10.1. The summed E-state index contributed by atoms with van der Waals surface area (Å²) in [6.45, 7) is 6.83. The lowest BCUT2D eigenvalue weighted by Crippen LogP contribution is -2.51. The maximum absolute atomic E-state index is 13.1. The van der Waals surface area contributed by atoms with Gasteiger partial charge in [-0.3, -0.25) is 9.59 Å². The van der Waals surface area contributed by atoms with Gasteiger partial charge >= 0.3 is 0 Å². The van der Waals surface area contributed by atoms with Crippen LogP contribution in [0.1, 0.15) is 17.9 Å². The van der Waals surface area contributed by atoms with Crippen LogP contribution < -0.4 is 9.80 Å². The second kappa shape index (κ2) is 8.65. The molecule has 0 spiro atoms. The van der Waals surface area contributed by atoms with Gasteiger partial charge in [0.25, 0.3) is 0 Å². The summed E-state index contributed by atoms with van der Waals surface area (Å²) in [5.74, 6) is 1.67. The van der Waals surface area contributed by atoms with Crippen molar-refractivity contribution in [3.8, 4) is 11.4 Å². The van der Waals surface area contributed by atoms with Crippen molar-refractivity contribution < 1.29 is 14.1 Å². The molecule has 0 saturated carbocycles. The maximum atomic E-state index is 13.1. The SMILES string of the molecule is Cc1ccc(N2CC(C(=O)N3CCN(c4ccc(-c5noc(C)n5)cn4)CC3)CC2=O)cc1. The number of aryl methyl sites for hydroxylation is 2. The molecule has 2 aliphatic heterocycles. The molecular formula is C24H26N6O3. The van der Waals surface area contributed by atoms with Crippen LogP contribution in [0, 0.1) is 19.8 Å². The first-order valence-corrected chi connectivity index (χ1v) is 11.2. The molecule has 5 rings (SSSR count). The lowest BCUT2D eigenvalue weighted by molar-refractivity contribution is -0.136. The average molecular weight is 447 g/mol. The molecule has 1 aromatic carbocycles. The van der Waals surface area contributed by atoms with Gasteiger partial charge in [-0.15, -0.1) is 0 Å². The number of nitrogens with zero attached hydrogens (tertiary/aromatic N) is 6. The molecule has 2 saturated heterocycles. The van der Waals surface area contributed by atoms with Crippen LogP contribution >= 0.6 is 0 Å². The van der Waals surface area contributed by atoms with Crippen molar-refractivity contribution in [3.63, 3.8) is 0 Å². The Morgan fingerprint density at radius 3 is 2.42 bits per heavy atom. The minimum Gasteiger partial charge on any atom is -0.353 e. The van der Waals surface area contributed by atoms with Crippen LogP contribution in [0.2, 0.25) is 0 Å². The molecular weight excluding hydrogens is 420 g/mol. The van der Waals surface area contributed by atoms with Gasteiger partial charge in [-0.25, -0.2) is 4.98 Å². The highest BCUT2D eigenvalue weighted by Crippen LogP contribution is 2.27. The Morgan fingerprint density at radius 2 is 1.79 bits per heavy atom. The Morgan fingerprint density at radius 1 is 1.03 bits per heavy atom. The fraction of sp³-hybridized carbons (Fsp3) is 0.375. The Hall–Kier alpha value is -3.75. The van der Waals surface area contributed by atoms with Gasteiger partial charge in [-0.1, -0.05) is 22.9 Å². The summed E-state index contributed by atoms with van der Waals surface area (Å²) >= 11 is 0. The molecule has 2 aliphatic rings. The standard InChI is InChI=1S/C24H26N6O3/c1-16-3-6-20(7-4-16)30-15-19(13-22(30)31)24(32)29-11-9-28(10-12-29)21-8-5-18(14-25-21)23-26-17(2)33-27-23/h3-8,14,19H,9-13,15H2,1-2H3. The molecule has 2 aromatic heterocycles. The first-order valence-electron chi connectivity index (χ1n) is 11.2. The molecule has 2 amide bonds. The van der Waals surface area contributed by atoms with E-state index in [1.54, 1.807) is 18.0 Å². The number of carbonyl (C=O) groups excluding carboxylic acids is 2. The fourth-order valence-electron chi connectivity index (χ4n) is 4.38. The molecule has 0 radical (unpaired) electrons. The van der Waals surface area contributed by atoms with Gasteiger partial charge in [0.15, 0.2) is 0 Å². The second-order valence-electron chi connectivity index (χ2n) is 8.60. The Labute approximate surface area is 192 Å². The molecule has 0 aliphatic carbocycles. The third-order valence-electron chi connectivity index (χ3n) is 6.27. The fourth-order valence-corrected chi connectivity index (χ4v) is 4.38. The topological polar surface area (TPSA) is 95.7 Å². The predicted molar refractivity (Wildman–Crippen MR) is 123 cm³/mol. The molecule has 0 N–H and O–H groups in total. The summed E-state index contributed by atoms with van der Waals surface area (Å²) in [4.78, 5) is 40.2. The minimum absolute atomic E-state index is 0.0110. The largest absolute Gasteiger partial charge is 0.353 e. The number of piperazine rings is 1. The quantitative estimate of drug-likeness (QED) is 0.607. The molecule has 4 heterocycles. The van der Waals surface area contributed by atoms with Crippen molar-refractivity contribution in [2.24, 2.45) is 5.92 Å². The van der Waals surface area contributed by atoms with Crippen LogP contribution in [0.3, 0.4) is 0 Å². The molecule has 1 atom stereocenters. The van der Waals surface area contributed by atoms with Gasteiger partial charge in [0, 0.05) is 63.5 Å². The average Bonchev–Trinajstić information content (AvgIpc) is 3.45. The molecule has 3 aromatic rings. The number of rotatable bonds is 4. The molecule has 9 heteroatoms. The van der Waals surface area contributed by atoms with Crippen molar-refractivity contribution in [3.05, 3.63) is 54.0 Å². The number of benzene rings is 1. The molecule has 170 valence electrons. The zero-order chi connectivity index (χ0) is 22.9. The zero-order valence-electron chi connectivity index (χ0n) is 18.8. The zero-order valence-corrected chi connectivity index (χ0v) is 18.8. The van der Waals surface area contributed by atoms with Crippen LogP contribution in [-0.4, -0.2) is 64.6 Å². The highest BCUT2D eigenvalue weighted by atomic mass is 16.5. The highest BCUT2D eigenvalue weighted by Gasteiger charge is 2.38. The third-order valence-corrected chi connectivity index (χ3v) is 6.27. The van der Waals surface area contributed by atoms with E-state index in [9.17, 15) is 9.59 Å². The Bertz CT molecular complexity index is 1150. The maximum Gasteiger partial charge on any atom is 0.228 e. The summed E-state index contributed by atoms with van der Waals surface area (Å²) in [7, 11) is 0. The van der Waals surface area contributed by atoms with Crippen LogP contribution in [0.5, 0.6) is 0 Å². The highest BCUT2D eigenvalue weighted by molar-refractivity contribution is 6.00. The van der Waals surface area contributed by atoms with E-state index in [2.05, 4.69) is 20.0 Å². The second-order valence-corrected chi connectivity index (χ2v) is 8.60. The number of hydrogen-bond donors (Lipinski definition) is 0. The van der Waals surface area contributed by atoms with Crippen LogP contribution in [-0.2, 0) is 9.59 Å². The van der Waals surface area contributed by atoms with E-state index >= 15 is 0 Å². The van der Waals surface area contributed by atoms with Gasteiger partial charge in [-0.2, -0.15) is 4.98 Å². The van der Waals surface area contributed by atoms with Crippen molar-refractivity contribution >= 4 is 23.3 Å². The van der Waals surface area contributed by atoms with E-state index in [0.717, 1.165) is 22.6 Å². The number of amides is 2. The summed E-state index contributed by atoms with van der Waals surface area (Å²) in [5.41, 5.74) is 2.80. The first kappa shape index (κ1) is 21.1. The van der Waals surface area contributed by atoms with Crippen molar-refractivity contribution in [1.82, 2.24) is 20.0 Å². The molecule has 0 bridgehead atoms. The minimum atomic E-state index is -0.291. The van der Waals surface area contributed by atoms with Gasteiger partial charge in [0.05, 0.1) is 5.92 Å². The summed E-state index contributed by atoms with van der Waals surface area (Å²) in [6.07, 6.45) is 2.01. The van der Waals surface area contributed by atoms with E-state index in [1.165, 1.54) is 0 Å². The number of aromatic nitrogens is 3. The molecule has 2 fully saturated rings. The number of hydrogen-bond acceptors (Lipinski definition) is 7. The monoisotopic (exact) mass is 446 g/mol. The van der Waals surface area contributed by atoms with E-state index < -0.39 is 0 Å². The molecule has 9 nitrogen and oxygen atoms in total. The predicted octanol–water partition coefficient (Wildman–Crippen LogP) is 2.45. The number of pyridine rings is 1. The summed E-state index contributed by atoms with van der Waals surface area (Å²) in [6, 6.07) is 11.7. The lowest BCUT2D eigenvalue weighted by Gasteiger charge is -2.36. The smallest absolute Gasteiger partial charge is 0.228 e. The van der Waals surface area contributed by atoms with Crippen molar-refractivity contribution in [2.45, 2.75) is 20.3 Å². The number of anilines is 2. The van der Waals surface area contributed by atoms with E-state index in [0.29, 0.717) is 44.4 Å². The van der Waals surface area contributed by atoms with E-state index in [-0.39, 0.29) is 24.2 Å². The van der Waals surface area contributed by atoms with Gasteiger partial charge < -0.3 is 19.2 Å². The van der Waals surface area contributed by atoms with Crippen molar-refractivity contribution in [2.75, 3.05) is 42.5 Å². The van der Waals surface area contributed by atoms with Gasteiger partial charge in [0.1, 0.15) is 5.82 Å². The summed E-state index contributed by atoms with van der Waals surface area (Å²) < 4.78 is 5.02. The third kappa shape index (κ3) is 4.30. The number of carbonyl (C=O) groups is 2. The summed E-state index contributed by atoms with van der Waals surface area (Å²) in [5, 5.41) is 3.92. The van der Waals surface area contributed by atoms with Crippen LogP contribution in [0.4, 0.5) is 11.5 Å². The Balaban J connectivity index is 1.17. The van der Waals surface area contributed by atoms with Crippen LogP contribution in [0.25, 0.3) is 11.4 Å². The van der Waals surface area contributed by atoms with Crippen molar-refractivity contribution in [1.29, 1.82) is 0 Å². The van der Waals surface area contributed by atoms with Gasteiger partial charge in [-0.05, 0) is 31.2 Å². The van der Waals surface area contributed by atoms with E-state index in [4.69, 9.17) is 4.52 Å². The van der Waals surface area contributed by atoms with Gasteiger partial charge in [0.2, 0.25) is 23.5 Å². The normalized spacial score (nSPS) is 18.8. The van der Waals surface area contributed by atoms with E-state index in [1.807, 2.05) is 48.2 Å².